The summed E-state index contributed by atoms with van der Waals surface area (Å²) in [6.45, 7) is 2.19. The van der Waals surface area contributed by atoms with Crippen molar-refractivity contribution in [2.24, 2.45) is 0 Å². The fraction of sp³-hybridized carbons (Fsp3) is 0.385. The summed E-state index contributed by atoms with van der Waals surface area (Å²) < 4.78 is 11.4. The molecule has 0 aliphatic heterocycles. The molecule has 1 heterocycles. The van der Waals surface area contributed by atoms with Crippen LogP contribution in [-0.2, 0) is 4.79 Å². The third kappa shape index (κ3) is 6.20. The molecule has 3 aromatic rings. The Hall–Kier alpha value is -3.08. The van der Waals surface area contributed by atoms with Gasteiger partial charge in [0.1, 0.15) is 17.6 Å². The Morgan fingerprint density at radius 1 is 1.00 bits per heavy atom. The lowest BCUT2D eigenvalue weighted by atomic mass is 10.1. The number of unbranched alkanes of at least 4 members (excludes halogenated alkanes) is 6. The van der Waals surface area contributed by atoms with E-state index in [2.05, 4.69) is 6.92 Å². The summed E-state index contributed by atoms with van der Waals surface area (Å²) in [6.07, 6.45) is 8.83. The number of rotatable bonds is 12. The Kier molecular flexibility index (Phi) is 8.27. The van der Waals surface area contributed by atoms with Crippen LogP contribution in [0.3, 0.4) is 0 Å². The molecule has 0 amide bonds. The van der Waals surface area contributed by atoms with Crippen molar-refractivity contribution in [1.29, 1.82) is 0 Å². The van der Waals surface area contributed by atoms with Crippen LogP contribution in [0.15, 0.2) is 64.0 Å². The second-order valence-electron chi connectivity index (χ2n) is 7.86. The molecule has 1 aromatic heterocycles. The predicted molar refractivity (Wildman–Crippen MR) is 123 cm³/mol. The summed E-state index contributed by atoms with van der Waals surface area (Å²) in [4.78, 5) is 24.5. The van der Waals surface area contributed by atoms with Gasteiger partial charge in [0.05, 0.1) is 10.9 Å². The molecule has 1 unspecified atom stereocenters. The van der Waals surface area contributed by atoms with Crippen LogP contribution in [-0.4, -0.2) is 17.2 Å². The van der Waals surface area contributed by atoms with E-state index in [0.717, 1.165) is 24.8 Å². The molecule has 1 N–H and O–H groups in total. The minimum atomic E-state index is -0.980. The zero-order valence-corrected chi connectivity index (χ0v) is 18.0. The fourth-order valence-corrected chi connectivity index (χ4v) is 3.68. The third-order valence-corrected chi connectivity index (χ3v) is 5.45. The number of carboxylic acids is 1. The van der Waals surface area contributed by atoms with Gasteiger partial charge in [0.2, 0.25) is 0 Å². The van der Waals surface area contributed by atoms with E-state index < -0.39 is 12.1 Å². The molecule has 1 atom stereocenters. The molecule has 0 saturated heterocycles. The topological polar surface area (TPSA) is 76.7 Å². The second-order valence-corrected chi connectivity index (χ2v) is 7.86. The lowest BCUT2D eigenvalue weighted by Crippen LogP contribution is -2.26. The van der Waals surface area contributed by atoms with Crippen molar-refractivity contribution < 1.29 is 19.1 Å². The zero-order chi connectivity index (χ0) is 22.1. The lowest BCUT2D eigenvalue weighted by Gasteiger charge is -2.15. The van der Waals surface area contributed by atoms with Crippen LogP contribution in [0.1, 0.15) is 58.3 Å². The van der Waals surface area contributed by atoms with Gasteiger partial charge < -0.3 is 14.3 Å². The summed E-state index contributed by atoms with van der Waals surface area (Å²) in [7, 11) is 0. The summed E-state index contributed by atoms with van der Waals surface area (Å²) in [5, 5.41) is 9.97. The molecular formula is C26H30O5. The molecule has 5 nitrogen and oxygen atoms in total. The Bertz CT molecular complexity index is 1040. The molecule has 5 heteroatoms. The van der Waals surface area contributed by atoms with Crippen LogP contribution in [0, 0.1) is 0 Å². The van der Waals surface area contributed by atoms with Gasteiger partial charge in [-0.25, -0.2) is 4.79 Å². The van der Waals surface area contributed by atoms with Crippen LogP contribution in [0.2, 0.25) is 0 Å². The van der Waals surface area contributed by atoms with Gasteiger partial charge in [-0.1, -0.05) is 75.8 Å². The number of fused-ring (bicyclic) bond motifs is 1. The molecule has 0 fully saturated rings. The molecule has 0 spiro atoms. The van der Waals surface area contributed by atoms with Crippen LogP contribution in [0.4, 0.5) is 0 Å². The maximum atomic E-state index is 12.8. The van der Waals surface area contributed by atoms with E-state index in [1.165, 1.54) is 31.9 Å². The van der Waals surface area contributed by atoms with E-state index in [4.69, 9.17) is 9.15 Å². The Morgan fingerprint density at radius 2 is 1.71 bits per heavy atom. The Labute approximate surface area is 182 Å². The smallest absolute Gasteiger partial charge is 0.344 e. The normalized spacial score (nSPS) is 12.0. The lowest BCUT2D eigenvalue weighted by molar-refractivity contribution is -0.145. The molecule has 0 aliphatic rings. The largest absolute Gasteiger partial charge is 0.479 e. The highest BCUT2D eigenvalue weighted by Gasteiger charge is 2.19. The first-order valence-electron chi connectivity index (χ1n) is 11.1. The van der Waals surface area contributed by atoms with Crippen LogP contribution in [0.25, 0.3) is 22.1 Å². The van der Waals surface area contributed by atoms with Gasteiger partial charge >= 0.3 is 5.97 Å². The van der Waals surface area contributed by atoms with Gasteiger partial charge in [0.25, 0.3) is 0 Å². The number of hydrogen-bond acceptors (Lipinski definition) is 4. The van der Waals surface area contributed by atoms with Gasteiger partial charge in [-0.15, -0.1) is 0 Å². The molecule has 2 aromatic carbocycles. The molecule has 0 aliphatic carbocycles. The first kappa shape index (κ1) is 22.6. The number of benzene rings is 2. The van der Waals surface area contributed by atoms with Gasteiger partial charge in [0.15, 0.2) is 11.5 Å². The maximum absolute atomic E-state index is 12.8. The van der Waals surface area contributed by atoms with E-state index in [1.54, 1.807) is 18.2 Å². The molecule has 164 valence electrons. The summed E-state index contributed by atoms with van der Waals surface area (Å²) in [6, 6.07) is 14.2. The Balaban J connectivity index is 1.66. The molecule has 0 radical (unpaired) electrons. The highest BCUT2D eigenvalue weighted by Crippen LogP contribution is 2.24. The van der Waals surface area contributed by atoms with E-state index in [-0.39, 0.29) is 5.43 Å². The highest BCUT2D eigenvalue weighted by atomic mass is 16.5. The minimum absolute atomic E-state index is 0.128. The second kappa shape index (κ2) is 11.3. The zero-order valence-electron chi connectivity index (χ0n) is 18.0. The van der Waals surface area contributed by atoms with Crippen LogP contribution >= 0.6 is 0 Å². The van der Waals surface area contributed by atoms with Crippen molar-refractivity contribution in [3.05, 3.63) is 65.0 Å². The average Bonchev–Trinajstić information content (AvgIpc) is 2.78. The van der Waals surface area contributed by atoms with Gasteiger partial charge in [-0.05, 0) is 30.5 Å². The van der Waals surface area contributed by atoms with Gasteiger partial charge in [-0.3, -0.25) is 4.79 Å². The van der Waals surface area contributed by atoms with Crippen molar-refractivity contribution in [2.75, 3.05) is 0 Å². The molecule has 0 saturated carbocycles. The molecule has 31 heavy (non-hydrogen) atoms. The molecule has 0 bridgehead atoms. The van der Waals surface area contributed by atoms with E-state index in [9.17, 15) is 14.7 Å². The molecular weight excluding hydrogens is 392 g/mol. The number of carboxylic acid groups (broad SMARTS) is 1. The first-order valence-corrected chi connectivity index (χ1v) is 11.1. The first-order chi connectivity index (χ1) is 15.1. The highest BCUT2D eigenvalue weighted by molar-refractivity contribution is 5.82. The maximum Gasteiger partial charge on any atom is 0.344 e. The SMILES string of the molecule is CCCCCCCCCC(Oc1ccc2c(=O)c(-c3ccccc3)coc2c1)C(=O)O. The summed E-state index contributed by atoms with van der Waals surface area (Å²) >= 11 is 0. The number of aliphatic carboxylic acids is 1. The van der Waals surface area contributed by atoms with Crippen molar-refractivity contribution in [3.63, 3.8) is 0 Å². The number of hydrogen-bond donors (Lipinski definition) is 1. The number of ether oxygens (including phenoxy) is 1. The van der Waals surface area contributed by atoms with Crippen molar-refractivity contribution in [2.45, 2.75) is 64.4 Å². The van der Waals surface area contributed by atoms with Crippen LogP contribution < -0.4 is 10.2 Å². The Morgan fingerprint density at radius 3 is 2.42 bits per heavy atom. The third-order valence-electron chi connectivity index (χ3n) is 5.45. The average molecular weight is 423 g/mol. The predicted octanol–water partition coefficient (Wildman–Crippen LogP) is 6.43. The quantitative estimate of drug-likeness (QED) is 0.340. The van der Waals surface area contributed by atoms with E-state index in [0.29, 0.717) is 28.7 Å². The summed E-state index contributed by atoms with van der Waals surface area (Å²) in [5.74, 6) is -0.592. The van der Waals surface area contributed by atoms with Crippen molar-refractivity contribution >= 4 is 16.9 Å². The van der Waals surface area contributed by atoms with Crippen LogP contribution in [0.5, 0.6) is 5.75 Å². The summed E-state index contributed by atoms with van der Waals surface area (Å²) in [5.41, 5.74) is 1.53. The van der Waals surface area contributed by atoms with E-state index in [1.807, 2.05) is 30.3 Å². The standard InChI is InChI=1S/C26H30O5/c1-2-3-4-5-6-7-11-14-23(26(28)29)31-20-15-16-21-24(17-20)30-18-22(25(21)27)19-12-9-8-10-13-19/h8-10,12-13,15-18,23H,2-7,11,14H2,1H3,(H,28,29). The monoisotopic (exact) mass is 422 g/mol. The molecule has 3 rings (SSSR count). The van der Waals surface area contributed by atoms with Crippen molar-refractivity contribution in [1.82, 2.24) is 0 Å². The number of carbonyl (C=O) groups is 1. The van der Waals surface area contributed by atoms with Crippen molar-refractivity contribution in [3.8, 4) is 16.9 Å². The van der Waals surface area contributed by atoms with E-state index >= 15 is 0 Å². The minimum Gasteiger partial charge on any atom is -0.479 e. The van der Waals surface area contributed by atoms with Gasteiger partial charge in [0, 0.05) is 6.07 Å². The fourth-order valence-electron chi connectivity index (χ4n) is 3.68. The van der Waals surface area contributed by atoms with Gasteiger partial charge in [-0.2, -0.15) is 0 Å².